The van der Waals surface area contributed by atoms with E-state index in [1.807, 2.05) is 24.4 Å². The third-order valence-electron chi connectivity index (χ3n) is 5.25. The van der Waals surface area contributed by atoms with E-state index in [9.17, 15) is 13.2 Å². The first-order valence-electron chi connectivity index (χ1n) is 10.1. The quantitative estimate of drug-likeness (QED) is 0.606. The number of fused-ring (bicyclic) bond motifs is 1. The van der Waals surface area contributed by atoms with Crippen LogP contribution in [-0.4, -0.2) is 49.9 Å². The molecule has 1 amide bonds. The average Bonchev–Trinajstić information content (AvgIpc) is 3.18. The lowest BCUT2D eigenvalue weighted by atomic mass is 10.1. The Hall–Kier alpha value is -2.68. The van der Waals surface area contributed by atoms with E-state index >= 15 is 0 Å². The molecule has 2 aromatic carbocycles. The number of nitrogens with one attached hydrogen (secondary N) is 2. The zero-order valence-corrected chi connectivity index (χ0v) is 17.5. The van der Waals surface area contributed by atoms with Crippen molar-refractivity contribution < 1.29 is 17.9 Å². The number of ether oxygens (including phenoxy) is 1. The Balaban J connectivity index is 1.35. The van der Waals surface area contributed by atoms with Gasteiger partial charge in [0.25, 0.3) is 0 Å². The Bertz CT molecular complexity index is 1130. The van der Waals surface area contributed by atoms with Crippen LogP contribution in [0.25, 0.3) is 10.9 Å². The van der Waals surface area contributed by atoms with Gasteiger partial charge >= 0.3 is 0 Å². The van der Waals surface area contributed by atoms with Crippen LogP contribution in [0.4, 0.5) is 5.69 Å². The summed E-state index contributed by atoms with van der Waals surface area (Å²) in [6.45, 7) is 1.47. The van der Waals surface area contributed by atoms with Crippen molar-refractivity contribution in [2.45, 2.75) is 24.2 Å². The van der Waals surface area contributed by atoms with Crippen LogP contribution in [0.1, 0.15) is 18.4 Å². The van der Waals surface area contributed by atoms with Crippen molar-refractivity contribution in [1.29, 1.82) is 0 Å². The summed E-state index contributed by atoms with van der Waals surface area (Å²) in [6, 6.07) is 14.5. The summed E-state index contributed by atoms with van der Waals surface area (Å²) in [4.78, 5) is 15.8. The summed E-state index contributed by atoms with van der Waals surface area (Å²) < 4.78 is 32.2. The summed E-state index contributed by atoms with van der Waals surface area (Å²) >= 11 is 0. The zero-order chi connectivity index (χ0) is 21.0. The van der Waals surface area contributed by atoms with Crippen molar-refractivity contribution in [3.63, 3.8) is 0 Å². The van der Waals surface area contributed by atoms with E-state index in [0.717, 1.165) is 11.9 Å². The van der Waals surface area contributed by atoms with Gasteiger partial charge in [-0.2, -0.15) is 4.31 Å². The Kier molecular flexibility index (Phi) is 6.17. The van der Waals surface area contributed by atoms with Crippen LogP contribution in [0, 0.1) is 0 Å². The minimum Gasteiger partial charge on any atom is -0.379 e. The van der Waals surface area contributed by atoms with Crippen LogP contribution in [0.2, 0.25) is 0 Å². The largest absolute Gasteiger partial charge is 0.379 e. The number of para-hydroxylation sites is 1. The first kappa shape index (κ1) is 20.6. The molecule has 2 heterocycles. The van der Waals surface area contributed by atoms with Crippen molar-refractivity contribution >= 4 is 32.5 Å². The summed E-state index contributed by atoms with van der Waals surface area (Å²) in [5.74, 6) is -0.129. The number of H-pyrrole nitrogens is 1. The second-order valence-electron chi connectivity index (χ2n) is 7.31. The molecule has 4 rings (SSSR count). The van der Waals surface area contributed by atoms with Crippen LogP contribution >= 0.6 is 0 Å². The fraction of sp³-hybridized carbons (Fsp3) is 0.318. The van der Waals surface area contributed by atoms with Gasteiger partial charge in [0.1, 0.15) is 0 Å². The highest BCUT2D eigenvalue weighted by Crippen LogP contribution is 2.22. The number of amides is 1. The van der Waals surface area contributed by atoms with Gasteiger partial charge in [-0.25, -0.2) is 8.42 Å². The topological polar surface area (TPSA) is 91.5 Å². The van der Waals surface area contributed by atoms with Crippen LogP contribution in [-0.2, 0) is 26.0 Å². The molecule has 0 unspecified atom stereocenters. The first-order valence-corrected chi connectivity index (χ1v) is 11.5. The number of carbonyl (C=O) groups is 1. The molecule has 1 fully saturated rings. The maximum atomic E-state index is 12.8. The maximum Gasteiger partial charge on any atom is 0.243 e. The third kappa shape index (κ3) is 4.56. The van der Waals surface area contributed by atoms with Gasteiger partial charge in [-0.05, 0) is 42.7 Å². The number of sulfonamides is 1. The highest BCUT2D eigenvalue weighted by Gasteiger charge is 2.26. The lowest BCUT2D eigenvalue weighted by molar-refractivity contribution is -0.116. The van der Waals surface area contributed by atoms with Gasteiger partial charge in [-0.1, -0.05) is 24.3 Å². The van der Waals surface area contributed by atoms with Gasteiger partial charge in [0.2, 0.25) is 15.9 Å². The number of aromatic amines is 1. The number of morpholine rings is 1. The van der Waals surface area contributed by atoms with E-state index in [-0.39, 0.29) is 10.8 Å². The number of hydrogen-bond donors (Lipinski definition) is 2. The predicted molar refractivity (Wildman–Crippen MR) is 116 cm³/mol. The van der Waals surface area contributed by atoms with Crippen LogP contribution in [0.5, 0.6) is 0 Å². The van der Waals surface area contributed by atoms with Gasteiger partial charge in [0.15, 0.2) is 0 Å². The molecule has 3 aromatic rings. The minimum absolute atomic E-state index is 0.129. The number of hydrogen-bond acceptors (Lipinski definition) is 4. The summed E-state index contributed by atoms with van der Waals surface area (Å²) in [5, 5.41) is 4.00. The molecule has 30 heavy (non-hydrogen) atoms. The van der Waals surface area contributed by atoms with Gasteiger partial charge in [-0.3, -0.25) is 4.79 Å². The maximum absolute atomic E-state index is 12.8. The normalized spacial score (nSPS) is 15.3. The molecule has 158 valence electrons. The van der Waals surface area contributed by atoms with Crippen LogP contribution in [0.3, 0.4) is 0 Å². The molecule has 8 heteroatoms. The number of aryl methyl sites for hydroxylation is 1. The minimum atomic E-state index is -3.59. The van der Waals surface area contributed by atoms with Gasteiger partial charge in [0.05, 0.1) is 18.1 Å². The average molecular weight is 428 g/mol. The molecule has 7 nitrogen and oxygen atoms in total. The summed E-state index contributed by atoms with van der Waals surface area (Å²) in [7, 11) is -3.59. The Morgan fingerprint density at radius 1 is 1.10 bits per heavy atom. The molecule has 1 aliphatic heterocycles. The lowest BCUT2D eigenvalue weighted by Crippen LogP contribution is -2.40. The highest BCUT2D eigenvalue weighted by molar-refractivity contribution is 7.89. The molecule has 1 aromatic heterocycles. The third-order valence-corrected chi connectivity index (χ3v) is 7.15. The lowest BCUT2D eigenvalue weighted by Gasteiger charge is -2.26. The van der Waals surface area contributed by atoms with E-state index < -0.39 is 10.0 Å². The van der Waals surface area contributed by atoms with Gasteiger partial charge in [-0.15, -0.1) is 0 Å². The fourth-order valence-electron chi connectivity index (χ4n) is 3.67. The molecule has 0 bridgehead atoms. The monoisotopic (exact) mass is 427 g/mol. The number of anilines is 1. The summed E-state index contributed by atoms with van der Waals surface area (Å²) in [6.07, 6.45) is 3.85. The van der Waals surface area contributed by atoms with Crippen molar-refractivity contribution in [1.82, 2.24) is 9.29 Å². The zero-order valence-electron chi connectivity index (χ0n) is 16.6. The molecule has 0 spiro atoms. The van der Waals surface area contributed by atoms with Gasteiger partial charge < -0.3 is 15.0 Å². The van der Waals surface area contributed by atoms with E-state index in [4.69, 9.17) is 4.74 Å². The predicted octanol–water partition coefficient (Wildman–Crippen LogP) is 3.15. The molecular weight excluding hydrogens is 402 g/mol. The Labute approximate surface area is 176 Å². The van der Waals surface area contributed by atoms with Crippen LogP contribution in [0.15, 0.2) is 59.6 Å². The molecular formula is C22H25N3O4S. The highest BCUT2D eigenvalue weighted by atomic mass is 32.2. The van der Waals surface area contributed by atoms with E-state index in [0.29, 0.717) is 44.8 Å². The Morgan fingerprint density at radius 2 is 1.90 bits per heavy atom. The Morgan fingerprint density at radius 3 is 2.73 bits per heavy atom. The van der Waals surface area contributed by atoms with Crippen molar-refractivity contribution in [3.05, 3.63) is 60.3 Å². The number of rotatable bonds is 7. The molecule has 0 aliphatic carbocycles. The number of nitrogens with zero attached hydrogens (tertiary/aromatic N) is 1. The standard InChI is InChI=1S/C22H25N3O4S/c26-22(10-3-5-17-16-23-21-9-2-1-8-20(17)21)24-18-6-4-7-19(15-18)30(27,28)25-11-13-29-14-12-25/h1-2,4,6-9,15-16,23H,3,5,10-14H2,(H,24,26). The SMILES string of the molecule is O=C(CCCc1c[nH]c2ccccc12)Nc1cccc(S(=O)(=O)N2CCOCC2)c1. The second kappa shape index (κ2) is 8.99. The molecule has 2 N–H and O–H groups in total. The number of aromatic nitrogens is 1. The van der Waals surface area contributed by atoms with E-state index in [1.54, 1.807) is 18.2 Å². The molecule has 0 atom stereocenters. The van der Waals surface area contributed by atoms with Crippen molar-refractivity contribution in [2.24, 2.45) is 0 Å². The molecule has 1 aliphatic rings. The first-order chi connectivity index (χ1) is 14.5. The number of benzene rings is 2. The molecule has 0 saturated carbocycles. The fourth-order valence-corrected chi connectivity index (χ4v) is 5.13. The van der Waals surface area contributed by atoms with Crippen LogP contribution < -0.4 is 5.32 Å². The van der Waals surface area contributed by atoms with Crippen molar-refractivity contribution in [3.8, 4) is 0 Å². The molecule has 1 saturated heterocycles. The summed E-state index contributed by atoms with van der Waals surface area (Å²) in [5.41, 5.74) is 2.77. The second-order valence-corrected chi connectivity index (χ2v) is 9.24. The molecule has 0 radical (unpaired) electrons. The van der Waals surface area contributed by atoms with Gasteiger partial charge in [0, 0.05) is 42.3 Å². The smallest absolute Gasteiger partial charge is 0.243 e. The van der Waals surface area contributed by atoms with E-state index in [1.165, 1.54) is 21.3 Å². The van der Waals surface area contributed by atoms with Crippen molar-refractivity contribution in [2.75, 3.05) is 31.6 Å². The van der Waals surface area contributed by atoms with E-state index in [2.05, 4.69) is 16.4 Å². The number of carbonyl (C=O) groups excluding carboxylic acids is 1.